The van der Waals surface area contributed by atoms with E-state index in [0.717, 1.165) is 39.4 Å². The van der Waals surface area contributed by atoms with Crippen LogP contribution in [0.15, 0.2) is 22.7 Å². The summed E-state index contributed by atoms with van der Waals surface area (Å²) in [6, 6.07) is 5.79. The molecule has 1 aromatic rings. The van der Waals surface area contributed by atoms with Crippen LogP contribution < -0.4 is 0 Å². The normalized spacial score (nSPS) is 10.4. The number of amides is 1. The monoisotopic (exact) mass is 443 g/mol. The fraction of sp³-hybridized carbons (Fsp3) is 0.462. The highest BCUT2D eigenvalue weighted by Crippen LogP contribution is 2.21. The zero-order valence-corrected chi connectivity index (χ0v) is 14.8. The minimum atomic E-state index is 0.0614. The number of alkyl halides is 1. The van der Waals surface area contributed by atoms with Crippen LogP contribution in [0.4, 0.5) is 0 Å². The van der Waals surface area contributed by atoms with Crippen molar-refractivity contribution >= 4 is 56.0 Å². The van der Waals surface area contributed by atoms with Gasteiger partial charge in [0, 0.05) is 27.5 Å². The van der Waals surface area contributed by atoms with Crippen molar-refractivity contribution in [3.8, 4) is 0 Å². The second-order valence-corrected chi connectivity index (χ2v) is 6.58. The van der Waals surface area contributed by atoms with Crippen LogP contribution in [0.1, 0.15) is 29.6 Å². The third-order valence-corrected chi connectivity index (χ3v) is 4.26. The van der Waals surface area contributed by atoms with E-state index in [-0.39, 0.29) is 5.91 Å². The van der Waals surface area contributed by atoms with Crippen molar-refractivity contribution in [2.75, 3.05) is 19.5 Å². The molecule has 0 aliphatic carbocycles. The molecule has 0 fully saturated rings. The molecule has 0 unspecified atom stereocenters. The van der Waals surface area contributed by atoms with E-state index in [1.54, 1.807) is 4.90 Å². The number of halogens is 3. The van der Waals surface area contributed by atoms with E-state index in [1.807, 2.05) is 25.2 Å². The van der Waals surface area contributed by atoms with E-state index in [1.165, 1.54) is 0 Å². The van der Waals surface area contributed by atoms with Crippen LogP contribution in [0.2, 0.25) is 0 Å². The van der Waals surface area contributed by atoms with Gasteiger partial charge < -0.3 is 4.90 Å². The Morgan fingerprint density at radius 3 is 2.78 bits per heavy atom. The molecule has 0 radical (unpaired) electrons. The van der Waals surface area contributed by atoms with E-state index < -0.39 is 0 Å². The lowest BCUT2D eigenvalue weighted by atomic mass is 10.2. The predicted molar refractivity (Wildman–Crippen MR) is 88.4 cm³/mol. The lowest BCUT2D eigenvalue weighted by Gasteiger charge is -2.18. The summed E-state index contributed by atoms with van der Waals surface area (Å²) in [6.45, 7) is 0.771. The van der Waals surface area contributed by atoms with Gasteiger partial charge in [0.1, 0.15) is 0 Å². The van der Waals surface area contributed by atoms with Gasteiger partial charge in [0.25, 0.3) is 5.91 Å². The van der Waals surface area contributed by atoms with Gasteiger partial charge in [0.15, 0.2) is 0 Å². The summed E-state index contributed by atoms with van der Waals surface area (Å²) in [7, 11) is 1.84. The number of carbonyl (C=O) groups excluding carboxylic acids is 1. The van der Waals surface area contributed by atoms with Crippen molar-refractivity contribution in [1.82, 2.24) is 4.90 Å². The lowest BCUT2D eigenvalue weighted by molar-refractivity contribution is 0.0792. The molecule has 0 saturated carbocycles. The van der Waals surface area contributed by atoms with E-state index in [0.29, 0.717) is 5.88 Å². The summed E-state index contributed by atoms with van der Waals surface area (Å²) >= 11 is 11.3. The molecule has 100 valence electrons. The van der Waals surface area contributed by atoms with Gasteiger partial charge in [0.05, 0.1) is 5.56 Å². The summed E-state index contributed by atoms with van der Waals surface area (Å²) < 4.78 is 1.91. The van der Waals surface area contributed by atoms with Crippen molar-refractivity contribution in [2.24, 2.45) is 0 Å². The largest absolute Gasteiger partial charge is 0.342 e. The smallest absolute Gasteiger partial charge is 0.254 e. The van der Waals surface area contributed by atoms with Crippen molar-refractivity contribution in [2.45, 2.75) is 19.3 Å². The highest BCUT2D eigenvalue weighted by molar-refractivity contribution is 14.1. The molecule has 0 bridgehead atoms. The van der Waals surface area contributed by atoms with Crippen LogP contribution in [-0.2, 0) is 0 Å². The molecular formula is C13H16BrClINO. The van der Waals surface area contributed by atoms with E-state index >= 15 is 0 Å². The van der Waals surface area contributed by atoms with Crippen LogP contribution in [0, 0.1) is 3.57 Å². The zero-order chi connectivity index (χ0) is 13.5. The number of rotatable bonds is 6. The van der Waals surface area contributed by atoms with Crippen LogP contribution in [0.3, 0.4) is 0 Å². The van der Waals surface area contributed by atoms with Crippen LogP contribution in [0.5, 0.6) is 0 Å². The molecule has 1 amide bonds. The predicted octanol–water partition coefficient (Wildman–Crippen LogP) is 4.53. The molecule has 18 heavy (non-hydrogen) atoms. The number of hydrogen-bond acceptors (Lipinski definition) is 1. The van der Waals surface area contributed by atoms with E-state index in [9.17, 15) is 4.79 Å². The van der Waals surface area contributed by atoms with Gasteiger partial charge in [0.2, 0.25) is 0 Å². The van der Waals surface area contributed by atoms with Crippen molar-refractivity contribution in [1.29, 1.82) is 0 Å². The molecule has 0 N–H and O–H groups in total. The molecule has 0 heterocycles. The number of nitrogens with zero attached hydrogens (tertiary/aromatic N) is 1. The molecule has 0 aliphatic rings. The van der Waals surface area contributed by atoms with E-state index in [2.05, 4.69) is 38.5 Å². The molecule has 0 aromatic heterocycles. The van der Waals surface area contributed by atoms with E-state index in [4.69, 9.17) is 11.6 Å². The fourth-order valence-electron chi connectivity index (χ4n) is 1.59. The highest BCUT2D eigenvalue weighted by atomic mass is 127. The standard InChI is InChI=1S/C13H16BrClINO/c1-17(8-4-2-3-7-15)13(18)11-9-10(16)5-6-12(11)14/h5-6,9H,2-4,7-8H2,1H3. The van der Waals surface area contributed by atoms with Gasteiger partial charge in [-0.15, -0.1) is 11.6 Å². The second-order valence-electron chi connectivity index (χ2n) is 4.10. The van der Waals surface area contributed by atoms with Gasteiger partial charge in [-0.25, -0.2) is 0 Å². The second kappa shape index (κ2) is 8.38. The maximum atomic E-state index is 12.2. The zero-order valence-electron chi connectivity index (χ0n) is 10.3. The first-order valence-electron chi connectivity index (χ1n) is 5.82. The van der Waals surface area contributed by atoms with Crippen LogP contribution in [0.25, 0.3) is 0 Å². The Morgan fingerprint density at radius 2 is 2.11 bits per heavy atom. The Labute approximate surface area is 135 Å². The van der Waals surface area contributed by atoms with Gasteiger partial charge in [-0.1, -0.05) is 6.42 Å². The maximum absolute atomic E-state index is 12.2. The quantitative estimate of drug-likeness (QED) is 0.359. The number of carbonyl (C=O) groups is 1. The van der Waals surface area contributed by atoms with Crippen molar-refractivity contribution < 1.29 is 4.79 Å². The first-order chi connectivity index (χ1) is 8.56. The average Bonchev–Trinajstić information content (AvgIpc) is 2.36. The Balaban J connectivity index is 2.60. The van der Waals surface area contributed by atoms with Crippen LogP contribution in [-0.4, -0.2) is 30.3 Å². The first-order valence-corrected chi connectivity index (χ1v) is 8.23. The summed E-state index contributed by atoms with van der Waals surface area (Å²) in [5.41, 5.74) is 0.724. The Kier molecular flexibility index (Phi) is 7.56. The topological polar surface area (TPSA) is 20.3 Å². The van der Waals surface area contributed by atoms with Crippen LogP contribution >= 0.6 is 50.1 Å². The number of benzene rings is 1. The molecule has 0 atom stereocenters. The van der Waals surface area contributed by atoms with Crippen molar-refractivity contribution in [3.05, 3.63) is 31.8 Å². The minimum Gasteiger partial charge on any atom is -0.342 e. The average molecular weight is 445 g/mol. The third kappa shape index (κ3) is 5.05. The minimum absolute atomic E-state index is 0.0614. The molecule has 0 aliphatic heterocycles. The van der Waals surface area contributed by atoms with Crippen molar-refractivity contribution in [3.63, 3.8) is 0 Å². The SMILES string of the molecule is CN(CCCCCCl)C(=O)c1cc(I)ccc1Br. The summed E-state index contributed by atoms with van der Waals surface area (Å²) in [6.07, 6.45) is 3.07. The molecule has 0 spiro atoms. The Hall–Kier alpha value is 0.190. The molecular weight excluding hydrogens is 428 g/mol. The van der Waals surface area contributed by atoms with Gasteiger partial charge in [-0.3, -0.25) is 4.79 Å². The molecule has 2 nitrogen and oxygen atoms in total. The maximum Gasteiger partial charge on any atom is 0.254 e. The first kappa shape index (κ1) is 16.2. The molecule has 0 saturated heterocycles. The Bertz CT molecular complexity index is 414. The lowest BCUT2D eigenvalue weighted by Crippen LogP contribution is -2.28. The molecule has 1 rings (SSSR count). The number of unbranched alkanes of at least 4 members (excludes halogenated alkanes) is 2. The highest BCUT2D eigenvalue weighted by Gasteiger charge is 2.14. The fourth-order valence-corrected chi connectivity index (χ4v) is 2.69. The summed E-state index contributed by atoms with van der Waals surface area (Å²) in [5.74, 6) is 0.756. The van der Waals surface area contributed by atoms with Gasteiger partial charge in [-0.2, -0.15) is 0 Å². The molecule has 5 heteroatoms. The molecule has 1 aromatic carbocycles. The number of hydrogen-bond donors (Lipinski definition) is 0. The summed E-state index contributed by atoms with van der Waals surface area (Å²) in [4.78, 5) is 14.0. The summed E-state index contributed by atoms with van der Waals surface area (Å²) in [5, 5.41) is 0. The third-order valence-electron chi connectivity index (χ3n) is 2.63. The Morgan fingerprint density at radius 1 is 1.39 bits per heavy atom. The van der Waals surface area contributed by atoms with Gasteiger partial charge >= 0.3 is 0 Å². The van der Waals surface area contributed by atoms with Gasteiger partial charge in [-0.05, 0) is 69.6 Å².